The second kappa shape index (κ2) is 8.81. The molecule has 4 N–H and O–H groups in total. The standard InChI is InChI=1S/C19H22O8/c1-10-13(20)6-7-15(22)18(24)14(21)5-3-4-11-8-12(26-2)9-16(23)17(11)19(25)27-10/h3-4,6-10,13-14,18,20-21,23-24H,5H2,1-2H3/b4-3+,7-6-/t10-,13-,14-,18-/m0/s1. The van der Waals surface area contributed by atoms with E-state index in [0.29, 0.717) is 0 Å². The van der Waals surface area contributed by atoms with Crippen LogP contribution in [-0.4, -0.2) is 63.7 Å². The van der Waals surface area contributed by atoms with E-state index in [9.17, 15) is 30.0 Å². The summed E-state index contributed by atoms with van der Waals surface area (Å²) in [7, 11) is 1.39. The molecule has 1 aromatic rings. The van der Waals surface area contributed by atoms with Crippen LogP contribution in [0.15, 0.2) is 30.4 Å². The molecule has 0 bridgehead atoms. The molecule has 8 heteroatoms. The first-order valence-electron chi connectivity index (χ1n) is 8.29. The molecule has 0 saturated carbocycles. The Bertz CT molecular complexity index is 767. The fourth-order valence-corrected chi connectivity index (χ4v) is 2.49. The predicted molar refractivity (Wildman–Crippen MR) is 95.4 cm³/mol. The quantitative estimate of drug-likeness (QED) is 0.521. The van der Waals surface area contributed by atoms with E-state index in [4.69, 9.17) is 9.47 Å². The van der Waals surface area contributed by atoms with Crippen LogP contribution < -0.4 is 4.74 Å². The van der Waals surface area contributed by atoms with Gasteiger partial charge >= 0.3 is 5.97 Å². The second-order valence-corrected chi connectivity index (χ2v) is 6.12. The maximum absolute atomic E-state index is 12.5. The summed E-state index contributed by atoms with van der Waals surface area (Å²) in [4.78, 5) is 24.3. The molecule has 0 radical (unpaired) electrons. The van der Waals surface area contributed by atoms with Gasteiger partial charge in [-0.1, -0.05) is 12.2 Å². The monoisotopic (exact) mass is 378 g/mol. The number of methoxy groups -OCH3 is 1. The fourth-order valence-electron chi connectivity index (χ4n) is 2.49. The molecular formula is C19H22O8. The van der Waals surface area contributed by atoms with Crippen molar-refractivity contribution in [3.63, 3.8) is 0 Å². The molecule has 1 heterocycles. The molecule has 0 unspecified atom stereocenters. The first-order chi connectivity index (χ1) is 12.7. The molecule has 0 spiro atoms. The van der Waals surface area contributed by atoms with Crippen molar-refractivity contribution in [2.45, 2.75) is 37.8 Å². The van der Waals surface area contributed by atoms with Gasteiger partial charge in [0.05, 0.1) is 13.2 Å². The number of aliphatic hydroxyl groups is 3. The van der Waals surface area contributed by atoms with Crippen LogP contribution in [0.5, 0.6) is 11.5 Å². The molecule has 4 atom stereocenters. The molecule has 8 nitrogen and oxygen atoms in total. The third-order valence-corrected chi connectivity index (χ3v) is 4.12. The average Bonchev–Trinajstić information content (AvgIpc) is 2.63. The van der Waals surface area contributed by atoms with Gasteiger partial charge in [0.1, 0.15) is 35.4 Å². The highest BCUT2D eigenvalue weighted by Crippen LogP contribution is 2.30. The van der Waals surface area contributed by atoms with Crippen LogP contribution in [0, 0.1) is 0 Å². The van der Waals surface area contributed by atoms with E-state index < -0.39 is 36.2 Å². The minimum Gasteiger partial charge on any atom is -0.507 e. The number of carbonyl (C=O) groups is 2. The summed E-state index contributed by atoms with van der Waals surface area (Å²) in [6.45, 7) is 1.41. The topological polar surface area (TPSA) is 134 Å². The molecule has 2 rings (SSSR count). The zero-order valence-electron chi connectivity index (χ0n) is 14.9. The number of ketones is 1. The highest BCUT2D eigenvalue weighted by Gasteiger charge is 2.25. The Labute approximate surface area is 156 Å². The van der Waals surface area contributed by atoms with Gasteiger partial charge in [-0.3, -0.25) is 4.79 Å². The molecule has 1 aromatic carbocycles. The van der Waals surface area contributed by atoms with Crippen LogP contribution in [0.25, 0.3) is 6.08 Å². The molecule has 0 aromatic heterocycles. The van der Waals surface area contributed by atoms with Crippen LogP contribution >= 0.6 is 0 Å². The Kier molecular flexibility index (Phi) is 6.73. The van der Waals surface area contributed by atoms with Crippen molar-refractivity contribution in [1.82, 2.24) is 0 Å². The van der Waals surface area contributed by atoms with E-state index in [2.05, 4.69) is 0 Å². The molecule has 0 fully saturated rings. The molecular weight excluding hydrogens is 356 g/mol. The number of phenolic OH excluding ortho intramolecular Hbond substituents is 1. The number of hydrogen-bond donors (Lipinski definition) is 4. The average molecular weight is 378 g/mol. The zero-order chi connectivity index (χ0) is 20.1. The number of aliphatic hydroxyl groups excluding tert-OH is 3. The van der Waals surface area contributed by atoms with Crippen LogP contribution in [0.3, 0.4) is 0 Å². The van der Waals surface area contributed by atoms with E-state index in [1.54, 1.807) is 0 Å². The van der Waals surface area contributed by atoms with Crippen molar-refractivity contribution < 1.29 is 39.5 Å². The number of carbonyl (C=O) groups excluding carboxylic acids is 2. The van der Waals surface area contributed by atoms with Gasteiger partial charge in [0, 0.05) is 6.07 Å². The number of esters is 1. The fraction of sp³-hybridized carbons (Fsp3) is 0.368. The van der Waals surface area contributed by atoms with Gasteiger partial charge in [0.25, 0.3) is 0 Å². The van der Waals surface area contributed by atoms with Crippen LogP contribution in [0.2, 0.25) is 0 Å². The van der Waals surface area contributed by atoms with Gasteiger partial charge < -0.3 is 29.9 Å². The summed E-state index contributed by atoms with van der Waals surface area (Å²) in [6.07, 6.45) is -0.646. The third kappa shape index (κ3) is 4.94. The van der Waals surface area contributed by atoms with Gasteiger partial charge in [-0.05, 0) is 37.1 Å². The van der Waals surface area contributed by atoms with Crippen LogP contribution in [0.4, 0.5) is 0 Å². The number of aromatic hydroxyl groups is 1. The first-order valence-corrected chi connectivity index (χ1v) is 8.29. The van der Waals surface area contributed by atoms with Crippen molar-refractivity contribution in [1.29, 1.82) is 0 Å². The summed E-state index contributed by atoms with van der Waals surface area (Å²) in [5.41, 5.74) is 0.109. The summed E-state index contributed by atoms with van der Waals surface area (Å²) in [5.74, 6) is -1.75. The van der Waals surface area contributed by atoms with Gasteiger partial charge in [-0.15, -0.1) is 0 Å². The van der Waals surface area contributed by atoms with Gasteiger partial charge in [0.15, 0.2) is 5.78 Å². The Balaban J connectivity index is 2.50. The minimum atomic E-state index is -1.67. The number of cyclic esters (lactones) is 1. The van der Waals surface area contributed by atoms with Crippen molar-refractivity contribution >= 4 is 17.8 Å². The maximum Gasteiger partial charge on any atom is 0.342 e. The largest absolute Gasteiger partial charge is 0.507 e. The Morgan fingerprint density at radius 1 is 1.15 bits per heavy atom. The number of phenols is 1. The lowest BCUT2D eigenvalue weighted by Crippen LogP contribution is -2.33. The second-order valence-electron chi connectivity index (χ2n) is 6.12. The minimum absolute atomic E-state index is 0.0911. The van der Waals surface area contributed by atoms with E-state index in [0.717, 1.165) is 12.2 Å². The molecule has 1 aliphatic rings. The summed E-state index contributed by atoms with van der Waals surface area (Å²) in [6, 6.07) is 2.73. The van der Waals surface area contributed by atoms with E-state index in [1.807, 2.05) is 0 Å². The Morgan fingerprint density at radius 3 is 2.52 bits per heavy atom. The molecule has 27 heavy (non-hydrogen) atoms. The van der Waals surface area contributed by atoms with E-state index in [1.165, 1.54) is 38.3 Å². The van der Waals surface area contributed by atoms with Crippen LogP contribution in [0.1, 0.15) is 29.3 Å². The number of hydrogen-bond acceptors (Lipinski definition) is 8. The molecule has 146 valence electrons. The highest BCUT2D eigenvalue weighted by atomic mass is 16.6. The van der Waals surface area contributed by atoms with Crippen LogP contribution in [-0.2, 0) is 9.53 Å². The first kappa shape index (κ1) is 20.6. The highest BCUT2D eigenvalue weighted by molar-refractivity contribution is 5.97. The predicted octanol–water partition coefficient (Wildman–Crippen LogP) is 0.571. The van der Waals surface area contributed by atoms with E-state index in [-0.39, 0.29) is 29.0 Å². The SMILES string of the molecule is COc1cc(O)c2c(c1)/C=C/C[C@H](O)[C@H](O)C(=O)/C=C\[C@H](O)[C@H](C)OC2=O. The number of rotatable bonds is 1. The lowest BCUT2D eigenvalue weighted by Gasteiger charge is -2.19. The van der Waals surface area contributed by atoms with Crippen molar-refractivity contribution in [2.75, 3.05) is 7.11 Å². The smallest absolute Gasteiger partial charge is 0.342 e. The van der Waals surface area contributed by atoms with Crippen molar-refractivity contribution in [3.05, 3.63) is 41.5 Å². The molecule has 0 amide bonds. The molecule has 0 saturated heterocycles. The van der Waals surface area contributed by atoms with Crippen molar-refractivity contribution in [3.8, 4) is 11.5 Å². The lowest BCUT2D eigenvalue weighted by atomic mass is 10.0. The third-order valence-electron chi connectivity index (χ3n) is 4.12. The molecule has 0 aliphatic carbocycles. The number of fused-ring (bicyclic) bond motifs is 1. The van der Waals surface area contributed by atoms with Gasteiger partial charge in [0.2, 0.25) is 0 Å². The Morgan fingerprint density at radius 2 is 1.85 bits per heavy atom. The van der Waals surface area contributed by atoms with E-state index >= 15 is 0 Å². The number of benzene rings is 1. The van der Waals surface area contributed by atoms with Crippen molar-refractivity contribution in [2.24, 2.45) is 0 Å². The van der Waals surface area contributed by atoms with Gasteiger partial charge in [-0.2, -0.15) is 0 Å². The normalized spacial score (nSPS) is 29.2. The molecule has 1 aliphatic heterocycles. The van der Waals surface area contributed by atoms with Gasteiger partial charge in [-0.25, -0.2) is 4.79 Å². The summed E-state index contributed by atoms with van der Waals surface area (Å²) in [5, 5.41) is 40.0. The summed E-state index contributed by atoms with van der Waals surface area (Å²) < 4.78 is 10.2. The summed E-state index contributed by atoms with van der Waals surface area (Å²) >= 11 is 0. The maximum atomic E-state index is 12.5. The lowest BCUT2D eigenvalue weighted by molar-refractivity contribution is -0.127. The number of ether oxygens (including phenoxy) is 2. The zero-order valence-corrected chi connectivity index (χ0v) is 14.9. The Hall–Kier alpha value is -2.68.